The Morgan fingerprint density at radius 2 is 1.75 bits per heavy atom. The maximum Gasteiger partial charge on any atom is 0.138 e. The third-order valence-electron chi connectivity index (χ3n) is 2.94. The molecular weight excluding hydrogens is 427 g/mol. The van der Waals surface area contributed by atoms with Crippen molar-refractivity contribution in [3.63, 3.8) is 0 Å². The molecule has 20 heavy (non-hydrogen) atoms. The predicted octanol–water partition coefficient (Wildman–Crippen LogP) is 6.51. The van der Waals surface area contributed by atoms with E-state index in [1.807, 2.05) is 31.2 Å². The van der Waals surface area contributed by atoms with Crippen molar-refractivity contribution in [1.82, 2.24) is 0 Å². The van der Waals surface area contributed by atoms with Gasteiger partial charge in [0.05, 0.1) is 17.0 Å². The van der Waals surface area contributed by atoms with Crippen LogP contribution in [0, 0.1) is 6.92 Å². The van der Waals surface area contributed by atoms with Crippen LogP contribution in [-0.4, -0.2) is 7.11 Å². The molecule has 1 nitrogen and oxygen atoms in total. The van der Waals surface area contributed by atoms with Crippen LogP contribution >= 0.6 is 55.1 Å². The number of alkyl halides is 1. The van der Waals surface area contributed by atoms with Crippen molar-refractivity contribution in [2.75, 3.05) is 7.11 Å². The Hall–Kier alpha value is -0.220. The molecule has 0 aliphatic heterocycles. The Balaban J connectivity index is 2.55. The molecule has 0 radical (unpaired) electrons. The van der Waals surface area contributed by atoms with Gasteiger partial charge in [0.2, 0.25) is 0 Å². The standard InChI is InChI=1S/C15H12Br2Cl2O/c1-8-3-4-10(12(16)5-8)14(19)11-6-9(18)7-13(17)15(11)20-2/h3-7,14H,1-2H3. The average Bonchev–Trinajstić information content (AvgIpc) is 2.37. The molecule has 106 valence electrons. The number of hydrogen-bond donors (Lipinski definition) is 0. The maximum atomic E-state index is 6.63. The van der Waals surface area contributed by atoms with Gasteiger partial charge in [0.15, 0.2) is 0 Å². The highest BCUT2D eigenvalue weighted by Crippen LogP contribution is 2.43. The van der Waals surface area contributed by atoms with Crippen molar-refractivity contribution >= 4 is 55.1 Å². The molecule has 0 saturated heterocycles. The minimum Gasteiger partial charge on any atom is -0.495 e. The van der Waals surface area contributed by atoms with Gasteiger partial charge in [0, 0.05) is 15.1 Å². The summed E-state index contributed by atoms with van der Waals surface area (Å²) in [6.45, 7) is 2.04. The molecule has 2 aromatic rings. The Labute approximate surface area is 145 Å². The molecule has 1 atom stereocenters. The zero-order valence-corrected chi connectivity index (χ0v) is 15.6. The number of halogens is 4. The molecule has 0 aliphatic carbocycles. The molecular formula is C15H12Br2Cl2O. The first kappa shape index (κ1) is 16.2. The van der Waals surface area contributed by atoms with E-state index in [0.29, 0.717) is 10.8 Å². The number of ether oxygens (including phenoxy) is 1. The summed E-state index contributed by atoms with van der Waals surface area (Å²) in [5.74, 6) is 0.696. The third kappa shape index (κ3) is 3.33. The van der Waals surface area contributed by atoms with Crippen LogP contribution < -0.4 is 4.74 Å². The summed E-state index contributed by atoms with van der Waals surface area (Å²) in [6.07, 6.45) is 0. The van der Waals surface area contributed by atoms with Crippen molar-refractivity contribution in [1.29, 1.82) is 0 Å². The van der Waals surface area contributed by atoms with Gasteiger partial charge in [-0.25, -0.2) is 0 Å². The summed E-state index contributed by atoms with van der Waals surface area (Å²) in [5, 5.41) is 0.261. The molecule has 0 N–H and O–H groups in total. The Morgan fingerprint density at radius 3 is 2.35 bits per heavy atom. The second-order valence-electron chi connectivity index (χ2n) is 4.40. The Bertz CT molecular complexity index is 644. The number of rotatable bonds is 3. The highest BCUT2D eigenvalue weighted by molar-refractivity contribution is 9.10. The van der Waals surface area contributed by atoms with Crippen molar-refractivity contribution in [3.05, 3.63) is 61.0 Å². The Morgan fingerprint density at radius 1 is 1.05 bits per heavy atom. The molecule has 2 rings (SSSR count). The molecule has 0 fully saturated rings. The van der Waals surface area contributed by atoms with Crippen LogP contribution in [-0.2, 0) is 0 Å². The van der Waals surface area contributed by atoms with E-state index in [9.17, 15) is 0 Å². The van der Waals surface area contributed by atoms with Crippen molar-refractivity contribution < 1.29 is 4.74 Å². The average molecular weight is 439 g/mol. The molecule has 0 amide bonds. The normalized spacial score (nSPS) is 12.3. The van der Waals surface area contributed by atoms with Crippen LogP contribution in [0.1, 0.15) is 22.1 Å². The van der Waals surface area contributed by atoms with Crippen LogP contribution in [0.4, 0.5) is 0 Å². The van der Waals surface area contributed by atoms with Gasteiger partial charge in [-0.2, -0.15) is 0 Å². The fraction of sp³-hybridized carbons (Fsp3) is 0.200. The predicted molar refractivity (Wildman–Crippen MR) is 92.3 cm³/mol. The fourth-order valence-corrected chi connectivity index (χ4v) is 4.19. The van der Waals surface area contributed by atoms with Crippen LogP contribution in [0.15, 0.2) is 39.3 Å². The molecule has 0 heterocycles. The topological polar surface area (TPSA) is 9.23 Å². The van der Waals surface area contributed by atoms with E-state index in [4.69, 9.17) is 27.9 Å². The monoisotopic (exact) mass is 436 g/mol. The first-order chi connectivity index (χ1) is 9.43. The van der Waals surface area contributed by atoms with Gasteiger partial charge in [-0.1, -0.05) is 39.7 Å². The minimum atomic E-state index is -0.352. The third-order valence-corrected chi connectivity index (χ3v) is 4.91. The summed E-state index contributed by atoms with van der Waals surface area (Å²) in [7, 11) is 1.62. The molecule has 5 heteroatoms. The van der Waals surface area contributed by atoms with E-state index in [1.54, 1.807) is 13.2 Å². The zero-order chi connectivity index (χ0) is 14.9. The Kier molecular flexibility index (Phi) is 5.41. The van der Waals surface area contributed by atoms with E-state index in [1.165, 1.54) is 5.56 Å². The van der Waals surface area contributed by atoms with Gasteiger partial charge in [-0.3, -0.25) is 0 Å². The lowest BCUT2D eigenvalue weighted by Crippen LogP contribution is -1.99. The maximum absolute atomic E-state index is 6.63. The van der Waals surface area contributed by atoms with Gasteiger partial charge >= 0.3 is 0 Å². The van der Waals surface area contributed by atoms with Crippen molar-refractivity contribution in [2.45, 2.75) is 12.3 Å². The van der Waals surface area contributed by atoms with Crippen LogP contribution in [0.5, 0.6) is 5.75 Å². The molecule has 0 saturated carbocycles. The summed E-state index contributed by atoms with van der Waals surface area (Å²) in [4.78, 5) is 0. The van der Waals surface area contributed by atoms with E-state index >= 15 is 0 Å². The molecule has 0 aliphatic rings. The second-order valence-corrected chi connectivity index (χ2v) is 6.98. The lowest BCUT2D eigenvalue weighted by molar-refractivity contribution is 0.407. The number of methoxy groups -OCH3 is 1. The SMILES string of the molecule is COc1c(Br)cc(Cl)cc1C(Cl)c1ccc(C)cc1Br. The number of benzene rings is 2. The van der Waals surface area contributed by atoms with E-state index in [-0.39, 0.29) is 5.38 Å². The van der Waals surface area contributed by atoms with Crippen LogP contribution in [0.2, 0.25) is 5.02 Å². The van der Waals surface area contributed by atoms with Gasteiger partial charge < -0.3 is 4.74 Å². The molecule has 0 aromatic heterocycles. The largest absolute Gasteiger partial charge is 0.495 e. The number of hydrogen-bond acceptors (Lipinski definition) is 1. The van der Waals surface area contributed by atoms with Gasteiger partial charge in [0.1, 0.15) is 5.75 Å². The molecule has 0 bridgehead atoms. The van der Waals surface area contributed by atoms with Crippen LogP contribution in [0.25, 0.3) is 0 Å². The van der Waals surface area contributed by atoms with Gasteiger partial charge in [-0.05, 0) is 52.2 Å². The molecule has 2 aromatic carbocycles. The van der Waals surface area contributed by atoms with Crippen molar-refractivity contribution in [2.24, 2.45) is 0 Å². The summed E-state index contributed by atoms with van der Waals surface area (Å²) >= 11 is 19.8. The molecule has 0 spiro atoms. The first-order valence-corrected chi connectivity index (χ1v) is 8.27. The number of aryl methyl sites for hydroxylation is 1. The van der Waals surface area contributed by atoms with Crippen molar-refractivity contribution in [3.8, 4) is 5.75 Å². The smallest absolute Gasteiger partial charge is 0.138 e. The lowest BCUT2D eigenvalue weighted by atomic mass is 10.0. The van der Waals surface area contributed by atoms with E-state index < -0.39 is 0 Å². The van der Waals surface area contributed by atoms with Crippen LogP contribution in [0.3, 0.4) is 0 Å². The van der Waals surface area contributed by atoms with Gasteiger partial charge in [0.25, 0.3) is 0 Å². The highest BCUT2D eigenvalue weighted by Gasteiger charge is 2.20. The first-order valence-electron chi connectivity index (χ1n) is 5.87. The van der Waals surface area contributed by atoms with E-state index in [2.05, 4.69) is 31.9 Å². The second kappa shape index (κ2) is 6.69. The van der Waals surface area contributed by atoms with E-state index in [0.717, 1.165) is 20.1 Å². The summed E-state index contributed by atoms with van der Waals surface area (Å²) in [6, 6.07) is 9.69. The van der Waals surface area contributed by atoms with Gasteiger partial charge in [-0.15, -0.1) is 11.6 Å². The summed E-state index contributed by atoms with van der Waals surface area (Å²) in [5.41, 5.74) is 2.98. The summed E-state index contributed by atoms with van der Waals surface area (Å²) < 4.78 is 7.19. The molecule has 1 unspecified atom stereocenters. The quantitative estimate of drug-likeness (QED) is 0.496. The zero-order valence-electron chi connectivity index (χ0n) is 10.9. The minimum absolute atomic E-state index is 0.352. The lowest BCUT2D eigenvalue weighted by Gasteiger charge is -2.17. The highest BCUT2D eigenvalue weighted by atomic mass is 79.9. The fourth-order valence-electron chi connectivity index (χ4n) is 1.99.